The van der Waals surface area contributed by atoms with E-state index in [1.54, 1.807) is 40.0 Å². The summed E-state index contributed by atoms with van der Waals surface area (Å²) in [4.78, 5) is 28.8. The van der Waals surface area contributed by atoms with Crippen LogP contribution in [0.1, 0.15) is 30.2 Å². The van der Waals surface area contributed by atoms with Crippen molar-refractivity contribution in [2.24, 2.45) is 5.92 Å². The van der Waals surface area contributed by atoms with E-state index in [-0.39, 0.29) is 12.2 Å². The summed E-state index contributed by atoms with van der Waals surface area (Å²) in [6.45, 7) is 2.71. The molecule has 214 valence electrons. The number of anilines is 1. The second-order valence-corrected chi connectivity index (χ2v) is 10.6. The molecule has 3 aromatic carbocycles. The van der Waals surface area contributed by atoms with E-state index in [9.17, 15) is 14.7 Å². The number of allylic oxidation sites excluding steroid dienone is 1. The number of nitrogens with one attached hydrogen (secondary N) is 1. The molecule has 5 aromatic rings. The highest BCUT2D eigenvalue weighted by Crippen LogP contribution is 2.46. The number of aliphatic hydroxyl groups excluding tert-OH is 1. The summed E-state index contributed by atoms with van der Waals surface area (Å²) in [5.74, 6) is -0.982. The maximum Gasteiger partial charge on any atom is 0.279 e. The minimum Gasteiger partial charge on any atom is -0.396 e. The van der Waals surface area contributed by atoms with E-state index in [0.717, 1.165) is 11.3 Å². The number of amides is 1. The highest BCUT2D eigenvalue weighted by atomic mass is 16.3. The number of aromatic amines is 1. The number of carbonyl (C=O) groups is 1. The van der Waals surface area contributed by atoms with E-state index in [2.05, 4.69) is 15.4 Å². The average molecular weight is 565 g/mol. The molecule has 1 aliphatic heterocycles. The Balaban J connectivity index is 1.33. The van der Waals surface area contributed by atoms with Gasteiger partial charge in [0.1, 0.15) is 0 Å². The Bertz CT molecular complexity index is 1820. The monoisotopic (exact) mass is 564 g/mol. The first-order valence-electron chi connectivity index (χ1n) is 14.0. The molecule has 3 N–H and O–H groups in total. The second-order valence-electron chi connectivity index (χ2n) is 10.6. The first kappa shape index (κ1) is 27.4. The molecule has 0 bridgehead atoms. The summed E-state index contributed by atoms with van der Waals surface area (Å²) in [5.41, 5.74) is 1.91. The third-order valence-electron chi connectivity index (χ3n) is 7.85. The van der Waals surface area contributed by atoms with Gasteiger partial charge in [0.05, 0.1) is 34.5 Å². The zero-order valence-corrected chi connectivity index (χ0v) is 23.2. The van der Waals surface area contributed by atoms with Gasteiger partial charge in [-0.2, -0.15) is 0 Å². The number of hydrogen-bond acceptors (Lipinski definition) is 6. The Hall–Kier alpha value is -4.80. The van der Waals surface area contributed by atoms with Crippen LogP contribution in [0.5, 0.6) is 0 Å². The van der Waals surface area contributed by atoms with Gasteiger partial charge >= 0.3 is 0 Å². The summed E-state index contributed by atoms with van der Waals surface area (Å²) in [5, 5.41) is 33.1. The van der Waals surface area contributed by atoms with Gasteiger partial charge in [0.15, 0.2) is 5.60 Å². The molecule has 0 spiro atoms. The molecule has 1 amide bonds. The number of aryl methyl sites for hydroxylation is 1. The van der Waals surface area contributed by atoms with Crippen LogP contribution in [0.25, 0.3) is 16.6 Å². The Morgan fingerprint density at radius 1 is 1.05 bits per heavy atom. The van der Waals surface area contributed by atoms with Crippen LogP contribution in [0, 0.1) is 5.92 Å². The molecular formula is C32H32N6O4. The van der Waals surface area contributed by atoms with Crippen molar-refractivity contribution in [3.05, 3.63) is 118 Å². The topological polar surface area (TPSA) is 129 Å². The van der Waals surface area contributed by atoms with Crippen molar-refractivity contribution in [1.82, 2.24) is 24.8 Å². The molecule has 1 aliphatic rings. The van der Waals surface area contributed by atoms with E-state index >= 15 is 0 Å². The van der Waals surface area contributed by atoms with E-state index in [4.69, 9.17) is 5.11 Å². The maximum atomic E-state index is 14.0. The number of aliphatic hydroxyl groups is 2. The van der Waals surface area contributed by atoms with Gasteiger partial charge < -0.3 is 15.1 Å². The molecule has 0 aliphatic carbocycles. The van der Waals surface area contributed by atoms with Gasteiger partial charge in [-0.05, 0) is 42.3 Å². The predicted molar refractivity (Wildman–Crippen MR) is 159 cm³/mol. The molecule has 10 nitrogen and oxygen atoms in total. The number of hydrogen-bond donors (Lipinski definition) is 3. The van der Waals surface area contributed by atoms with Crippen molar-refractivity contribution < 1.29 is 15.0 Å². The SMILES string of the molecule is C[C@@H](/C=C/CCn1cc(CCO)nn1)[C@]1(O)C(=O)N(Cc2ccccc2)c2ccc(-n3[nH]c4ccccc4c3=O)cc21. The van der Waals surface area contributed by atoms with Crippen LogP contribution in [0.15, 0.2) is 95.9 Å². The van der Waals surface area contributed by atoms with Gasteiger partial charge in [0, 0.05) is 37.3 Å². The molecule has 0 fully saturated rings. The Kier molecular flexibility index (Phi) is 7.32. The fraction of sp³-hybridized carbons (Fsp3) is 0.250. The quantitative estimate of drug-likeness (QED) is 0.223. The Morgan fingerprint density at radius 2 is 1.83 bits per heavy atom. The van der Waals surface area contributed by atoms with E-state index in [1.165, 1.54) is 4.68 Å². The van der Waals surface area contributed by atoms with Gasteiger partial charge in [-0.25, -0.2) is 4.68 Å². The van der Waals surface area contributed by atoms with Crippen molar-refractivity contribution in [2.45, 2.75) is 38.5 Å². The number of aromatic nitrogens is 5. The second kappa shape index (κ2) is 11.2. The highest BCUT2D eigenvalue weighted by molar-refractivity contribution is 6.07. The lowest BCUT2D eigenvalue weighted by molar-refractivity contribution is -0.139. The molecule has 42 heavy (non-hydrogen) atoms. The molecular weight excluding hydrogens is 532 g/mol. The third-order valence-corrected chi connectivity index (χ3v) is 7.85. The van der Waals surface area contributed by atoms with Crippen molar-refractivity contribution in [2.75, 3.05) is 11.5 Å². The molecule has 0 radical (unpaired) electrons. The number of para-hydroxylation sites is 1. The van der Waals surface area contributed by atoms with Gasteiger partial charge in [0.25, 0.3) is 11.5 Å². The molecule has 3 heterocycles. The predicted octanol–water partition coefficient (Wildman–Crippen LogP) is 3.46. The van der Waals surface area contributed by atoms with Crippen LogP contribution in [-0.2, 0) is 29.9 Å². The van der Waals surface area contributed by atoms with Gasteiger partial charge in [-0.15, -0.1) is 5.10 Å². The van der Waals surface area contributed by atoms with Crippen LogP contribution >= 0.6 is 0 Å². The van der Waals surface area contributed by atoms with Crippen molar-refractivity contribution in [1.29, 1.82) is 0 Å². The summed E-state index contributed by atoms with van der Waals surface area (Å²) < 4.78 is 3.15. The normalized spacial score (nSPS) is 17.4. The van der Waals surface area contributed by atoms with Crippen molar-refractivity contribution >= 4 is 22.5 Å². The van der Waals surface area contributed by atoms with Crippen LogP contribution in [0.3, 0.4) is 0 Å². The highest BCUT2D eigenvalue weighted by Gasteiger charge is 2.52. The average Bonchev–Trinajstić information content (AvgIpc) is 3.66. The van der Waals surface area contributed by atoms with Gasteiger partial charge in [-0.1, -0.05) is 66.8 Å². The standard InChI is InChI=1S/C32H32N6O4/c1-22(9-7-8-17-36-21-24(16-18-39)33-35-36)32(42)27-19-25(38-30(40)26-12-5-6-13-28(26)34-38)14-15-29(27)37(31(32)41)20-23-10-3-2-4-11-23/h2-7,9-15,19,21-22,34,39,42H,8,16-18,20H2,1H3/b9-7+/t22-,32+/m0/s1. The Labute approximate surface area is 242 Å². The lowest BCUT2D eigenvalue weighted by Crippen LogP contribution is -2.44. The number of H-pyrrole nitrogens is 1. The molecule has 10 heteroatoms. The van der Waals surface area contributed by atoms with E-state index in [1.807, 2.05) is 67.6 Å². The first-order chi connectivity index (χ1) is 20.4. The zero-order chi connectivity index (χ0) is 29.3. The maximum absolute atomic E-state index is 14.0. The number of benzene rings is 3. The van der Waals surface area contributed by atoms with E-state index < -0.39 is 17.4 Å². The summed E-state index contributed by atoms with van der Waals surface area (Å²) in [7, 11) is 0. The fourth-order valence-corrected chi connectivity index (χ4v) is 5.56. The molecule has 0 saturated heterocycles. The number of rotatable bonds is 10. The van der Waals surface area contributed by atoms with Gasteiger partial charge in [0.2, 0.25) is 0 Å². The Morgan fingerprint density at radius 3 is 2.62 bits per heavy atom. The van der Waals surface area contributed by atoms with Crippen LogP contribution in [0.2, 0.25) is 0 Å². The van der Waals surface area contributed by atoms with Gasteiger partial charge in [-0.3, -0.25) is 19.4 Å². The van der Waals surface area contributed by atoms with Crippen molar-refractivity contribution in [3.8, 4) is 5.69 Å². The third kappa shape index (κ3) is 4.84. The number of carbonyl (C=O) groups excluding carboxylic acids is 1. The smallest absolute Gasteiger partial charge is 0.279 e. The van der Waals surface area contributed by atoms with Crippen molar-refractivity contribution in [3.63, 3.8) is 0 Å². The molecule has 2 atom stereocenters. The molecule has 0 unspecified atom stereocenters. The molecule has 2 aromatic heterocycles. The molecule has 0 saturated carbocycles. The zero-order valence-electron chi connectivity index (χ0n) is 23.2. The van der Waals surface area contributed by atoms with Crippen LogP contribution < -0.4 is 10.5 Å². The van der Waals surface area contributed by atoms with Crippen LogP contribution in [-0.4, -0.2) is 47.5 Å². The summed E-state index contributed by atoms with van der Waals surface area (Å²) in [6, 6.07) is 22.2. The largest absolute Gasteiger partial charge is 0.396 e. The summed E-state index contributed by atoms with van der Waals surface area (Å²) in [6.07, 6.45) is 6.64. The first-order valence-corrected chi connectivity index (χ1v) is 14.0. The number of nitrogens with zero attached hydrogens (tertiary/aromatic N) is 5. The molecule has 6 rings (SSSR count). The summed E-state index contributed by atoms with van der Waals surface area (Å²) >= 11 is 0. The lowest BCUT2D eigenvalue weighted by Gasteiger charge is -2.28. The fourth-order valence-electron chi connectivity index (χ4n) is 5.56. The minimum absolute atomic E-state index is 0.0160. The van der Waals surface area contributed by atoms with E-state index in [0.29, 0.717) is 53.8 Å². The number of fused-ring (bicyclic) bond motifs is 2. The lowest BCUT2D eigenvalue weighted by atomic mass is 9.82. The van der Waals surface area contributed by atoms with Crippen LogP contribution in [0.4, 0.5) is 5.69 Å². The minimum atomic E-state index is -1.84.